The van der Waals surface area contributed by atoms with E-state index in [2.05, 4.69) is 137 Å². The standard InChI is InChI=1S/C38H38/c1-5-27-17-9-13-21-31(27)35-25-37(33-23-15-11-19-29(33)7-3)38(34-24-16-12-20-30(34)8-4)26-36(35)32-22-14-10-18-28(32)6-2/h9-26H,5-8H2,1-4H3. The Labute approximate surface area is 229 Å². The van der Waals surface area contributed by atoms with Crippen LogP contribution in [0.1, 0.15) is 49.9 Å². The van der Waals surface area contributed by atoms with Crippen LogP contribution in [0, 0.1) is 0 Å². The molecule has 0 fully saturated rings. The first-order chi connectivity index (χ1) is 18.7. The molecule has 0 aromatic heterocycles. The average Bonchev–Trinajstić information content (AvgIpc) is 3.00. The van der Waals surface area contributed by atoms with Gasteiger partial charge in [0.1, 0.15) is 0 Å². The Kier molecular flexibility index (Phi) is 7.89. The van der Waals surface area contributed by atoms with Crippen LogP contribution in [0.3, 0.4) is 0 Å². The van der Waals surface area contributed by atoms with Gasteiger partial charge in [-0.05, 0) is 105 Å². The van der Waals surface area contributed by atoms with E-state index < -0.39 is 0 Å². The lowest BCUT2D eigenvalue weighted by atomic mass is 9.81. The molecule has 0 bridgehead atoms. The molecule has 0 aliphatic carbocycles. The summed E-state index contributed by atoms with van der Waals surface area (Å²) >= 11 is 0. The predicted molar refractivity (Wildman–Crippen MR) is 166 cm³/mol. The molecule has 0 nitrogen and oxygen atoms in total. The maximum Gasteiger partial charge on any atom is -0.00959 e. The van der Waals surface area contributed by atoms with Crippen LogP contribution >= 0.6 is 0 Å². The van der Waals surface area contributed by atoms with E-state index in [-0.39, 0.29) is 0 Å². The second-order valence-electron chi connectivity index (χ2n) is 9.99. The lowest BCUT2D eigenvalue weighted by molar-refractivity contribution is 1.13. The third kappa shape index (κ3) is 4.84. The molecule has 0 aliphatic rings. The normalized spacial score (nSPS) is 11.1. The topological polar surface area (TPSA) is 0 Å². The number of aryl methyl sites for hydroxylation is 4. The van der Waals surface area contributed by atoms with Crippen molar-refractivity contribution in [2.24, 2.45) is 0 Å². The molecule has 0 amide bonds. The third-order valence-electron chi connectivity index (χ3n) is 7.91. The molecule has 5 rings (SSSR count). The van der Waals surface area contributed by atoms with Gasteiger partial charge in [-0.3, -0.25) is 0 Å². The smallest absolute Gasteiger partial charge is 0.00959 e. The monoisotopic (exact) mass is 494 g/mol. The highest BCUT2D eigenvalue weighted by Crippen LogP contribution is 2.45. The van der Waals surface area contributed by atoms with Gasteiger partial charge in [0.05, 0.1) is 0 Å². The van der Waals surface area contributed by atoms with Crippen LogP contribution < -0.4 is 0 Å². The summed E-state index contributed by atoms with van der Waals surface area (Å²) in [5, 5.41) is 0. The zero-order chi connectivity index (χ0) is 26.5. The minimum absolute atomic E-state index is 1.01. The Balaban J connectivity index is 1.95. The van der Waals surface area contributed by atoms with Crippen molar-refractivity contribution in [1.82, 2.24) is 0 Å². The minimum atomic E-state index is 1.01. The molecule has 0 heteroatoms. The molecule has 0 N–H and O–H groups in total. The first-order valence-corrected chi connectivity index (χ1v) is 14.2. The van der Waals surface area contributed by atoms with Crippen molar-refractivity contribution in [2.45, 2.75) is 53.4 Å². The van der Waals surface area contributed by atoms with Crippen LogP contribution in [0.15, 0.2) is 109 Å². The van der Waals surface area contributed by atoms with Crippen molar-refractivity contribution in [3.05, 3.63) is 131 Å². The van der Waals surface area contributed by atoms with Gasteiger partial charge in [-0.25, -0.2) is 0 Å². The van der Waals surface area contributed by atoms with Crippen molar-refractivity contribution in [1.29, 1.82) is 0 Å². The Morgan fingerprint density at radius 3 is 0.711 bits per heavy atom. The van der Waals surface area contributed by atoms with E-state index in [1.165, 1.54) is 66.8 Å². The molecule has 38 heavy (non-hydrogen) atoms. The zero-order valence-electron chi connectivity index (χ0n) is 23.2. The first-order valence-electron chi connectivity index (χ1n) is 14.2. The highest BCUT2D eigenvalue weighted by Gasteiger charge is 2.20. The molecule has 0 spiro atoms. The largest absolute Gasteiger partial charge is 0.0620 e. The Bertz CT molecular complexity index is 1320. The van der Waals surface area contributed by atoms with Gasteiger partial charge in [-0.1, -0.05) is 125 Å². The van der Waals surface area contributed by atoms with Crippen LogP contribution in [0.25, 0.3) is 44.5 Å². The number of hydrogen-bond acceptors (Lipinski definition) is 0. The fourth-order valence-corrected chi connectivity index (χ4v) is 5.86. The molecule has 190 valence electrons. The highest BCUT2D eigenvalue weighted by molar-refractivity contribution is 5.97. The molecule has 0 heterocycles. The Morgan fingerprint density at radius 1 is 0.289 bits per heavy atom. The SMILES string of the molecule is CCc1ccccc1-c1cc(-c2ccccc2CC)c(-c2ccccc2CC)cc1-c1ccccc1CC. The van der Waals surface area contributed by atoms with Crippen LogP contribution in [-0.4, -0.2) is 0 Å². The van der Waals surface area contributed by atoms with E-state index in [4.69, 9.17) is 0 Å². The fourth-order valence-electron chi connectivity index (χ4n) is 5.86. The average molecular weight is 495 g/mol. The minimum Gasteiger partial charge on any atom is -0.0620 e. The zero-order valence-corrected chi connectivity index (χ0v) is 23.2. The van der Waals surface area contributed by atoms with Crippen molar-refractivity contribution in [2.75, 3.05) is 0 Å². The van der Waals surface area contributed by atoms with Crippen molar-refractivity contribution < 1.29 is 0 Å². The van der Waals surface area contributed by atoms with Crippen molar-refractivity contribution in [3.63, 3.8) is 0 Å². The molecular weight excluding hydrogens is 456 g/mol. The van der Waals surface area contributed by atoms with Gasteiger partial charge < -0.3 is 0 Å². The molecule has 0 atom stereocenters. The van der Waals surface area contributed by atoms with Crippen molar-refractivity contribution in [3.8, 4) is 44.5 Å². The second-order valence-corrected chi connectivity index (χ2v) is 9.99. The van der Waals surface area contributed by atoms with E-state index in [1.807, 2.05) is 0 Å². The predicted octanol–water partition coefficient (Wildman–Crippen LogP) is 10.6. The number of hydrogen-bond donors (Lipinski definition) is 0. The van der Waals surface area contributed by atoms with Gasteiger partial charge in [0.25, 0.3) is 0 Å². The molecule has 5 aromatic rings. The number of rotatable bonds is 8. The van der Waals surface area contributed by atoms with E-state index in [0.29, 0.717) is 0 Å². The van der Waals surface area contributed by atoms with Gasteiger partial charge in [0.15, 0.2) is 0 Å². The van der Waals surface area contributed by atoms with Crippen LogP contribution in [-0.2, 0) is 25.7 Å². The van der Waals surface area contributed by atoms with Gasteiger partial charge in [0, 0.05) is 0 Å². The number of benzene rings is 5. The quantitative estimate of drug-likeness (QED) is 0.201. The van der Waals surface area contributed by atoms with Gasteiger partial charge in [0.2, 0.25) is 0 Å². The van der Waals surface area contributed by atoms with Crippen molar-refractivity contribution >= 4 is 0 Å². The summed E-state index contributed by atoms with van der Waals surface area (Å²) in [5.74, 6) is 0. The van der Waals surface area contributed by atoms with E-state index in [1.54, 1.807) is 0 Å². The van der Waals surface area contributed by atoms with Crippen LogP contribution in [0.2, 0.25) is 0 Å². The van der Waals surface area contributed by atoms with Crippen LogP contribution in [0.4, 0.5) is 0 Å². The summed E-state index contributed by atoms with van der Waals surface area (Å²) in [6.07, 6.45) is 4.03. The summed E-state index contributed by atoms with van der Waals surface area (Å²) in [4.78, 5) is 0. The third-order valence-corrected chi connectivity index (χ3v) is 7.91. The lowest BCUT2D eigenvalue weighted by Gasteiger charge is -2.23. The fraction of sp³-hybridized carbons (Fsp3) is 0.211. The molecule has 0 aliphatic heterocycles. The maximum atomic E-state index is 2.49. The molecule has 0 radical (unpaired) electrons. The molecule has 0 saturated heterocycles. The summed E-state index contributed by atoms with van der Waals surface area (Å²) < 4.78 is 0. The van der Waals surface area contributed by atoms with E-state index in [9.17, 15) is 0 Å². The molecule has 5 aromatic carbocycles. The molecule has 0 unspecified atom stereocenters. The summed E-state index contributed by atoms with van der Waals surface area (Å²) in [5.41, 5.74) is 16.2. The molecule has 0 saturated carbocycles. The van der Waals surface area contributed by atoms with E-state index >= 15 is 0 Å². The second kappa shape index (κ2) is 11.7. The first kappa shape index (κ1) is 25.7. The van der Waals surface area contributed by atoms with Gasteiger partial charge in [-0.15, -0.1) is 0 Å². The van der Waals surface area contributed by atoms with Gasteiger partial charge in [-0.2, -0.15) is 0 Å². The van der Waals surface area contributed by atoms with Crippen LogP contribution in [0.5, 0.6) is 0 Å². The highest BCUT2D eigenvalue weighted by atomic mass is 14.2. The Hall–Kier alpha value is -3.90. The lowest BCUT2D eigenvalue weighted by Crippen LogP contribution is -1.99. The maximum absolute atomic E-state index is 2.49. The molecular formula is C38H38. The summed E-state index contributed by atoms with van der Waals surface area (Å²) in [6, 6.07) is 40.8. The summed E-state index contributed by atoms with van der Waals surface area (Å²) in [6.45, 7) is 9.05. The summed E-state index contributed by atoms with van der Waals surface area (Å²) in [7, 11) is 0. The van der Waals surface area contributed by atoms with Gasteiger partial charge >= 0.3 is 0 Å². The van der Waals surface area contributed by atoms with E-state index in [0.717, 1.165) is 25.7 Å². The Morgan fingerprint density at radius 2 is 0.500 bits per heavy atom.